The SMILES string of the molecule is CC(C)(C)/C=C(\c1ccccc1)c1ccc(C(C)(C)C)cc1. The molecule has 0 nitrogen and oxygen atoms in total. The van der Waals surface area contributed by atoms with Crippen molar-refractivity contribution < 1.29 is 0 Å². The maximum atomic E-state index is 2.37. The van der Waals surface area contributed by atoms with Gasteiger partial charge in [-0.05, 0) is 33.1 Å². The summed E-state index contributed by atoms with van der Waals surface area (Å²) in [6.07, 6.45) is 2.37. The summed E-state index contributed by atoms with van der Waals surface area (Å²) in [5.74, 6) is 0. The number of benzene rings is 2. The molecule has 0 bridgehead atoms. The highest BCUT2D eigenvalue weighted by Gasteiger charge is 2.15. The van der Waals surface area contributed by atoms with Gasteiger partial charge in [-0.25, -0.2) is 0 Å². The van der Waals surface area contributed by atoms with Gasteiger partial charge in [-0.1, -0.05) is 102 Å². The number of allylic oxidation sites excluding steroid dienone is 1. The lowest BCUT2D eigenvalue weighted by Crippen LogP contribution is -2.10. The van der Waals surface area contributed by atoms with Crippen LogP contribution in [-0.2, 0) is 5.41 Å². The van der Waals surface area contributed by atoms with Crippen LogP contribution in [0.25, 0.3) is 5.57 Å². The van der Waals surface area contributed by atoms with E-state index in [9.17, 15) is 0 Å². The highest BCUT2D eigenvalue weighted by Crippen LogP contribution is 2.31. The third-order valence-corrected chi connectivity index (χ3v) is 3.72. The Labute approximate surface area is 135 Å². The maximum Gasteiger partial charge on any atom is -0.0132 e. The Hall–Kier alpha value is -1.82. The first kappa shape index (κ1) is 16.5. The Kier molecular flexibility index (Phi) is 4.60. The van der Waals surface area contributed by atoms with Gasteiger partial charge in [-0.15, -0.1) is 0 Å². The summed E-state index contributed by atoms with van der Waals surface area (Å²) in [6, 6.07) is 19.7. The molecule has 0 fully saturated rings. The van der Waals surface area contributed by atoms with Crippen LogP contribution in [0, 0.1) is 5.41 Å². The molecule has 0 aliphatic heterocycles. The second-order valence-electron chi connectivity index (χ2n) is 8.12. The normalized spacial score (nSPS) is 13.3. The summed E-state index contributed by atoms with van der Waals surface area (Å²) in [7, 11) is 0. The summed E-state index contributed by atoms with van der Waals surface area (Å²) >= 11 is 0. The van der Waals surface area contributed by atoms with Gasteiger partial charge in [-0.2, -0.15) is 0 Å². The standard InChI is InChI=1S/C22H28/c1-21(2,3)16-20(17-10-8-7-9-11-17)18-12-14-19(15-13-18)22(4,5)6/h7-16H,1-6H3/b20-16+. The molecule has 0 aliphatic carbocycles. The van der Waals surface area contributed by atoms with E-state index >= 15 is 0 Å². The van der Waals surface area contributed by atoms with Gasteiger partial charge < -0.3 is 0 Å². The quantitative estimate of drug-likeness (QED) is 0.595. The van der Waals surface area contributed by atoms with Crippen molar-refractivity contribution in [3.63, 3.8) is 0 Å². The van der Waals surface area contributed by atoms with Crippen LogP contribution in [0.15, 0.2) is 60.7 Å². The molecular weight excluding hydrogens is 264 g/mol. The Morgan fingerprint density at radius 2 is 1.18 bits per heavy atom. The van der Waals surface area contributed by atoms with Crippen molar-refractivity contribution in [1.29, 1.82) is 0 Å². The van der Waals surface area contributed by atoms with E-state index in [1.54, 1.807) is 0 Å². The smallest absolute Gasteiger partial charge is 0.0132 e. The molecule has 2 aromatic carbocycles. The van der Waals surface area contributed by atoms with E-state index < -0.39 is 0 Å². The van der Waals surface area contributed by atoms with E-state index in [1.807, 2.05) is 0 Å². The van der Waals surface area contributed by atoms with Crippen LogP contribution < -0.4 is 0 Å². The number of hydrogen-bond donors (Lipinski definition) is 0. The molecule has 0 spiro atoms. The van der Waals surface area contributed by atoms with Gasteiger partial charge in [0.25, 0.3) is 0 Å². The lowest BCUT2D eigenvalue weighted by Gasteiger charge is -2.21. The molecule has 0 N–H and O–H groups in total. The van der Waals surface area contributed by atoms with Gasteiger partial charge in [0.05, 0.1) is 0 Å². The van der Waals surface area contributed by atoms with Gasteiger partial charge in [0.15, 0.2) is 0 Å². The maximum absolute atomic E-state index is 2.37. The second-order valence-corrected chi connectivity index (χ2v) is 8.12. The van der Waals surface area contributed by atoms with Crippen molar-refractivity contribution in [2.75, 3.05) is 0 Å². The topological polar surface area (TPSA) is 0 Å². The Balaban J connectivity index is 2.49. The number of hydrogen-bond acceptors (Lipinski definition) is 0. The van der Waals surface area contributed by atoms with Crippen LogP contribution >= 0.6 is 0 Å². The zero-order chi connectivity index (χ0) is 16.4. The molecule has 0 saturated carbocycles. The molecule has 2 aromatic rings. The average Bonchev–Trinajstić information content (AvgIpc) is 2.44. The monoisotopic (exact) mass is 292 g/mol. The molecular formula is C22H28. The molecule has 0 heterocycles. The Morgan fingerprint density at radius 3 is 1.64 bits per heavy atom. The molecule has 0 amide bonds. The Morgan fingerprint density at radius 1 is 0.682 bits per heavy atom. The van der Waals surface area contributed by atoms with Crippen LogP contribution in [0.5, 0.6) is 0 Å². The summed E-state index contributed by atoms with van der Waals surface area (Å²) in [5, 5.41) is 0. The summed E-state index contributed by atoms with van der Waals surface area (Å²) in [5.41, 5.74) is 5.59. The fourth-order valence-corrected chi connectivity index (χ4v) is 2.53. The lowest BCUT2D eigenvalue weighted by molar-refractivity contribution is 0.545. The Bertz CT molecular complexity index is 629. The molecule has 0 aliphatic rings. The van der Waals surface area contributed by atoms with Crippen LogP contribution in [-0.4, -0.2) is 0 Å². The molecule has 22 heavy (non-hydrogen) atoms. The van der Waals surface area contributed by atoms with Gasteiger partial charge in [0.2, 0.25) is 0 Å². The molecule has 0 heteroatoms. The first-order chi connectivity index (χ1) is 10.2. The van der Waals surface area contributed by atoms with Crippen molar-refractivity contribution in [1.82, 2.24) is 0 Å². The van der Waals surface area contributed by atoms with Crippen LogP contribution in [0.1, 0.15) is 58.2 Å². The fraction of sp³-hybridized carbons (Fsp3) is 0.364. The van der Waals surface area contributed by atoms with E-state index in [-0.39, 0.29) is 10.8 Å². The predicted octanol–water partition coefficient (Wildman–Crippen LogP) is 6.46. The molecule has 0 unspecified atom stereocenters. The van der Waals surface area contributed by atoms with Crippen LogP contribution in [0.2, 0.25) is 0 Å². The second kappa shape index (κ2) is 6.12. The molecule has 0 saturated heterocycles. The number of rotatable bonds is 2. The zero-order valence-electron chi connectivity index (χ0n) is 14.8. The fourth-order valence-electron chi connectivity index (χ4n) is 2.53. The first-order valence-corrected chi connectivity index (χ1v) is 8.06. The van der Waals surface area contributed by atoms with Crippen molar-refractivity contribution in [2.45, 2.75) is 47.0 Å². The minimum atomic E-state index is 0.147. The highest BCUT2D eigenvalue weighted by molar-refractivity contribution is 5.80. The molecule has 0 radical (unpaired) electrons. The van der Waals surface area contributed by atoms with Crippen molar-refractivity contribution in [3.05, 3.63) is 77.4 Å². The van der Waals surface area contributed by atoms with Gasteiger partial charge in [0, 0.05) is 0 Å². The van der Waals surface area contributed by atoms with Crippen molar-refractivity contribution in [3.8, 4) is 0 Å². The third-order valence-electron chi connectivity index (χ3n) is 3.72. The molecule has 0 aromatic heterocycles. The molecule has 0 atom stereocenters. The average molecular weight is 292 g/mol. The first-order valence-electron chi connectivity index (χ1n) is 8.06. The summed E-state index contributed by atoms with van der Waals surface area (Å²) < 4.78 is 0. The van der Waals surface area contributed by atoms with Crippen LogP contribution in [0.3, 0.4) is 0 Å². The predicted molar refractivity (Wildman–Crippen MR) is 98.1 cm³/mol. The van der Waals surface area contributed by atoms with Crippen LogP contribution in [0.4, 0.5) is 0 Å². The zero-order valence-corrected chi connectivity index (χ0v) is 14.8. The van der Waals surface area contributed by atoms with Gasteiger partial charge in [0.1, 0.15) is 0 Å². The van der Waals surface area contributed by atoms with E-state index in [0.717, 1.165) is 0 Å². The van der Waals surface area contributed by atoms with Gasteiger partial charge in [-0.3, -0.25) is 0 Å². The van der Waals surface area contributed by atoms with Crippen molar-refractivity contribution >= 4 is 5.57 Å². The lowest BCUT2D eigenvalue weighted by atomic mass is 9.84. The van der Waals surface area contributed by atoms with Gasteiger partial charge >= 0.3 is 0 Å². The summed E-state index contributed by atoms with van der Waals surface area (Å²) in [4.78, 5) is 0. The summed E-state index contributed by atoms with van der Waals surface area (Å²) in [6.45, 7) is 13.5. The third kappa shape index (κ3) is 4.34. The minimum Gasteiger partial charge on any atom is -0.0707 e. The molecule has 2 rings (SSSR count). The molecule has 116 valence electrons. The van der Waals surface area contributed by atoms with E-state index in [4.69, 9.17) is 0 Å². The van der Waals surface area contributed by atoms with E-state index in [1.165, 1.54) is 22.3 Å². The van der Waals surface area contributed by atoms with Crippen molar-refractivity contribution in [2.24, 2.45) is 5.41 Å². The largest absolute Gasteiger partial charge is 0.0707 e. The highest BCUT2D eigenvalue weighted by atomic mass is 14.2. The minimum absolute atomic E-state index is 0.147. The van der Waals surface area contributed by atoms with E-state index in [2.05, 4.69) is 102 Å². The van der Waals surface area contributed by atoms with E-state index in [0.29, 0.717) is 0 Å².